The second-order valence-corrected chi connectivity index (χ2v) is 7.02. The van der Waals surface area contributed by atoms with Gasteiger partial charge in [-0.05, 0) is 59.5 Å². The monoisotopic (exact) mass is 355 g/mol. The lowest BCUT2D eigenvalue weighted by Crippen LogP contribution is -2.12. The van der Waals surface area contributed by atoms with Crippen LogP contribution in [-0.2, 0) is 6.42 Å². The van der Waals surface area contributed by atoms with Crippen LogP contribution in [0.25, 0.3) is 22.2 Å². The molecule has 1 aliphatic rings. The fraction of sp³-hybridized carbons (Fsp3) is 0.167. The van der Waals surface area contributed by atoms with Gasteiger partial charge in [0.2, 0.25) is 0 Å². The molecule has 3 heteroatoms. The van der Waals surface area contributed by atoms with E-state index in [-0.39, 0.29) is 0 Å². The Balaban J connectivity index is 1.81. The minimum absolute atomic E-state index is 0.293. The zero-order valence-corrected chi connectivity index (χ0v) is 15.5. The van der Waals surface area contributed by atoms with Crippen LogP contribution in [0.15, 0.2) is 66.7 Å². The van der Waals surface area contributed by atoms with Crippen molar-refractivity contribution in [1.29, 1.82) is 0 Å². The van der Waals surface area contributed by atoms with Gasteiger partial charge in [-0.2, -0.15) is 0 Å². The van der Waals surface area contributed by atoms with E-state index in [9.17, 15) is 0 Å². The van der Waals surface area contributed by atoms with Crippen LogP contribution < -0.4 is 9.47 Å². The zero-order chi connectivity index (χ0) is 18.4. The third kappa shape index (κ3) is 2.50. The summed E-state index contributed by atoms with van der Waals surface area (Å²) in [5.41, 5.74) is 7.60. The Bertz CT molecular complexity index is 1130. The van der Waals surface area contributed by atoms with E-state index in [0.29, 0.717) is 5.92 Å². The number of nitrogens with one attached hydrogen (secondary N) is 1. The van der Waals surface area contributed by atoms with Crippen LogP contribution in [0.2, 0.25) is 0 Å². The molecule has 134 valence electrons. The van der Waals surface area contributed by atoms with Gasteiger partial charge < -0.3 is 14.5 Å². The van der Waals surface area contributed by atoms with Gasteiger partial charge in [-0.1, -0.05) is 30.3 Å². The molecule has 1 unspecified atom stereocenters. The molecule has 1 heterocycles. The molecular formula is C24H21NO2. The lowest BCUT2D eigenvalue weighted by Gasteiger charge is -2.26. The Labute approximate surface area is 158 Å². The third-order valence-electron chi connectivity index (χ3n) is 5.60. The molecule has 5 rings (SSSR count). The standard InChI is InChI=1S/C24H21NO2/c1-26-17-8-10-19-16(12-17)13-20(15-6-4-3-5-7-15)23-21-14-18(27-2)9-11-22(21)25-24(19)23/h3-12,14,20,25H,13H2,1-2H3. The van der Waals surface area contributed by atoms with E-state index < -0.39 is 0 Å². The predicted octanol–water partition coefficient (Wildman–Crippen LogP) is 5.54. The highest BCUT2D eigenvalue weighted by Gasteiger charge is 2.30. The summed E-state index contributed by atoms with van der Waals surface area (Å²) in [4.78, 5) is 3.66. The highest BCUT2D eigenvalue weighted by molar-refractivity contribution is 5.94. The SMILES string of the molecule is COc1ccc2c(c1)CC(c1ccccc1)c1c-2[nH]c2ccc(OC)cc12. The molecule has 3 nitrogen and oxygen atoms in total. The van der Waals surface area contributed by atoms with Gasteiger partial charge in [0.1, 0.15) is 11.5 Å². The van der Waals surface area contributed by atoms with Crippen molar-refractivity contribution in [2.75, 3.05) is 14.2 Å². The van der Waals surface area contributed by atoms with Crippen molar-refractivity contribution >= 4 is 10.9 Å². The van der Waals surface area contributed by atoms with E-state index in [4.69, 9.17) is 9.47 Å². The summed E-state index contributed by atoms with van der Waals surface area (Å²) in [7, 11) is 3.44. The van der Waals surface area contributed by atoms with Gasteiger partial charge in [-0.15, -0.1) is 0 Å². The number of aromatic nitrogens is 1. The van der Waals surface area contributed by atoms with Crippen LogP contribution in [0.4, 0.5) is 0 Å². The number of hydrogen-bond acceptors (Lipinski definition) is 2. The molecule has 4 aromatic rings. The number of rotatable bonds is 3. The molecule has 1 atom stereocenters. The summed E-state index contributed by atoms with van der Waals surface area (Å²) >= 11 is 0. The summed E-state index contributed by atoms with van der Waals surface area (Å²) < 4.78 is 11.0. The van der Waals surface area contributed by atoms with Gasteiger partial charge >= 0.3 is 0 Å². The summed E-state index contributed by atoms with van der Waals surface area (Å²) in [5, 5.41) is 1.24. The quantitative estimate of drug-likeness (QED) is 0.523. The Morgan fingerprint density at radius 1 is 0.852 bits per heavy atom. The second kappa shape index (κ2) is 6.20. The van der Waals surface area contributed by atoms with E-state index in [0.717, 1.165) is 23.4 Å². The van der Waals surface area contributed by atoms with Crippen molar-refractivity contribution in [3.05, 3.63) is 83.4 Å². The van der Waals surface area contributed by atoms with Crippen LogP contribution in [-0.4, -0.2) is 19.2 Å². The molecule has 0 radical (unpaired) electrons. The zero-order valence-electron chi connectivity index (χ0n) is 15.5. The van der Waals surface area contributed by atoms with Crippen LogP contribution in [0.3, 0.4) is 0 Å². The van der Waals surface area contributed by atoms with Gasteiger partial charge in [-0.3, -0.25) is 0 Å². The summed E-state index contributed by atoms with van der Waals surface area (Å²) in [6.45, 7) is 0. The largest absolute Gasteiger partial charge is 0.497 e. The first kappa shape index (κ1) is 16.0. The van der Waals surface area contributed by atoms with E-state index in [2.05, 4.69) is 59.6 Å². The number of hydrogen-bond donors (Lipinski definition) is 1. The molecule has 1 aliphatic carbocycles. The van der Waals surface area contributed by atoms with E-state index in [1.807, 2.05) is 12.1 Å². The molecule has 0 saturated heterocycles. The maximum absolute atomic E-state index is 5.49. The van der Waals surface area contributed by atoms with Crippen molar-refractivity contribution in [3.63, 3.8) is 0 Å². The molecular weight excluding hydrogens is 334 g/mol. The van der Waals surface area contributed by atoms with Crippen molar-refractivity contribution in [2.45, 2.75) is 12.3 Å². The Morgan fingerprint density at radius 2 is 1.59 bits per heavy atom. The van der Waals surface area contributed by atoms with Crippen molar-refractivity contribution in [1.82, 2.24) is 4.98 Å². The number of H-pyrrole nitrogens is 1. The first-order valence-corrected chi connectivity index (χ1v) is 9.20. The lowest BCUT2D eigenvalue weighted by atomic mass is 9.77. The van der Waals surface area contributed by atoms with Crippen molar-refractivity contribution < 1.29 is 9.47 Å². The molecule has 1 N–H and O–H groups in total. The predicted molar refractivity (Wildman–Crippen MR) is 109 cm³/mol. The molecule has 3 aromatic carbocycles. The van der Waals surface area contributed by atoms with Gasteiger partial charge in [0.05, 0.1) is 19.9 Å². The fourth-order valence-corrected chi connectivity index (χ4v) is 4.29. The lowest BCUT2D eigenvalue weighted by molar-refractivity contribution is 0.414. The minimum atomic E-state index is 0.293. The molecule has 0 aliphatic heterocycles. The van der Waals surface area contributed by atoms with Crippen LogP contribution >= 0.6 is 0 Å². The average Bonchev–Trinajstić information content (AvgIpc) is 3.12. The van der Waals surface area contributed by atoms with Crippen molar-refractivity contribution in [3.8, 4) is 22.8 Å². The van der Waals surface area contributed by atoms with Crippen LogP contribution in [0.5, 0.6) is 11.5 Å². The van der Waals surface area contributed by atoms with Gasteiger partial charge in [0.25, 0.3) is 0 Å². The number of methoxy groups -OCH3 is 2. The molecule has 0 amide bonds. The minimum Gasteiger partial charge on any atom is -0.497 e. The molecule has 0 bridgehead atoms. The highest BCUT2D eigenvalue weighted by Crippen LogP contribution is 2.47. The Kier molecular flexibility index (Phi) is 3.68. The molecule has 0 saturated carbocycles. The first-order chi connectivity index (χ1) is 13.3. The maximum atomic E-state index is 5.49. The first-order valence-electron chi connectivity index (χ1n) is 9.20. The van der Waals surface area contributed by atoms with E-state index >= 15 is 0 Å². The molecule has 0 fully saturated rings. The van der Waals surface area contributed by atoms with Gasteiger partial charge in [-0.25, -0.2) is 0 Å². The van der Waals surface area contributed by atoms with Crippen molar-refractivity contribution in [2.24, 2.45) is 0 Å². The number of benzene rings is 3. The Hall–Kier alpha value is -3.20. The van der Waals surface area contributed by atoms with Crippen LogP contribution in [0, 0.1) is 0 Å². The van der Waals surface area contributed by atoms with Gasteiger partial charge in [0, 0.05) is 22.4 Å². The summed E-state index contributed by atoms with van der Waals surface area (Å²) in [6, 6.07) is 23.4. The molecule has 0 spiro atoms. The van der Waals surface area contributed by atoms with E-state index in [1.54, 1.807) is 14.2 Å². The topological polar surface area (TPSA) is 34.2 Å². The van der Waals surface area contributed by atoms with Crippen LogP contribution in [0.1, 0.15) is 22.6 Å². The second-order valence-electron chi connectivity index (χ2n) is 7.02. The third-order valence-corrected chi connectivity index (χ3v) is 5.60. The number of fused-ring (bicyclic) bond motifs is 5. The maximum Gasteiger partial charge on any atom is 0.119 e. The average molecular weight is 355 g/mol. The molecule has 1 aromatic heterocycles. The normalized spacial score (nSPS) is 15.3. The number of ether oxygens (including phenoxy) is 2. The summed E-state index contributed by atoms with van der Waals surface area (Å²) in [6.07, 6.45) is 0.952. The fourth-order valence-electron chi connectivity index (χ4n) is 4.29. The number of aromatic amines is 1. The smallest absolute Gasteiger partial charge is 0.119 e. The molecule has 27 heavy (non-hydrogen) atoms. The van der Waals surface area contributed by atoms with Gasteiger partial charge in [0.15, 0.2) is 0 Å². The van der Waals surface area contributed by atoms with E-state index in [1.165, 1.54) is 33.3 Å². The summed E-state index contributed by atoms with van der Waals surface area (Å²) in [5.74, 6) is 2.08. The Morgan fingerprint density at radius 3 is 2.37 bits per heavy atom. The highest BCUT2D eigenvalue weighted by atomic mass is 16.5.